The van der Waals surface area contributed by atoms with Gasteiger partial charge in [0.25, 0.3) is 0 Å². The van der Waals surface area contributed by atoms with Gasteiger partial charge in [-0.3, -0.25) is 0 Å². The van der Waals surface area contributed by atoms with Gasteiger partial charge in [-0.1, -0.05) is 12.1 Å². The van der Waals surface area contributed by atoms with Crippen LogP contribution in [-0.2, 0) is 9.47 Å². The first kappa shape index (κ1) is 13.2. The minimum atomic E-state index is -0.506. The monoisotopic (exact) mass is 273 g/mol. The van der Waals surface area contributed by atoms with Crippen LogP contribution in [0.2, 0.25) is 0 Å². The standard InChI is InChI=1S/C16H19NO3/c1-16(2)19-12-13(20-16)11-18-15-8-4-3-7-14(15)17-9-5-6-10-17/h3-10,13H,11-12H2,1-2H3. The van der Waals surface area contributed by atoms with Crippen molar-refractivity contribution in [2.45, 2.75) is 25.7 Å². The summed E-state index contributed by atoms with van der Waals surface area (Å²) < 4.78 is 19.2. The summed E-state index contributed by atoms with van der Waals surface area (Å²) in [6.07, 6.45) is 3.98. The Morgan fingerprint density at radius 3 is 2.65 bits per heavy atom. The molecule has 0 N–H and O–H groups in total. The van der Waals surface area contributed by atoms with Crippen LogP contribution in [0.4, 0.5) is 0 Å². The van der Waals surface area contributed by atoms with Gasteiger partial charge in [0.2, 0.25) is 0 Å². The molecule has 0 radical (unpaired) electrons. The molecule has 2 heterocycles. The fourth-order valence-electron chi connectivity index (χ4n) is 2.32. The number of aromatic nitrogens is 1. The molecular formula is C16H19NO3. The molecule has 1 aromatic carbocycles. The number of nitrogens with zero attached hydrogens (tertiary/aromatic N) is 1. The molecule has 4 heteroatoms. The third-order valence-corrected chi connectivity index (χ3v) is 3.24. The molecule has 0 amide bonds. The maximum atomic E-state index is 5.91. The third kappa shape index (κ3) is 2.86. The lowest BCUT2D eigenvalue weighted by molar-refractivity contribution is -0.141. The summed E-state index contributed by atoms with van der Waals surface area (Å²) in [6.45, 7) is 4.89. The highest BCUT2D eigenvalue weighted by Crippen LogP contribution is 2.26. The Morgan fingerprint density at radius 1 is 1.20 bits per heavy atom. The van der Waals surface area contributed by atoms with Crippen LogP contribution < -0.4 is 4.74 Å². The van der Waals surface area contributed by atoms with Crippen molar-refractivity contribution in [1.29, 1.82) is 0 Å². The number of ether oxygens (including phenoxy) is 3. The summed E-state index contributed by atoms with van der Waals surface area (Å²) in [5.74, 6) is 0.338. The summed E-state index contributed by atoms with van der Waals surface area (Å²) in [5.41, 5.74) is 1.02. The van der Waals surface area contributed by atoms with E-state index in [1.807, 2.05) is 67.2 Å². The fourth-order valence-corrected chi connectivity index (χ4v) is 2.32. The fraction of sp³-hybridized carbons (Fsp3) is 0.375. The summed E-state index contributed by atoms with van der Waals surface area (Å²) in [7, 11) is 0. The van der Waals surface area contributed by atoms with E-state index in [1.54, 1.807) is 0 Å². The molecule has 0 aliphatic carbocycles. The molecule has 1 saturated heterocycles. The third-order valence-electron chi connectivity index (χ3n) is 3.24. The van der Waals surface area contributed by atoms with Gasteiger partial charge in [0.1, 0.15) is 18.5 Å². The average Bonchev–Trinajstić information content (AvgIpc) is 3.06. The first-order chi connectivity index (χ1) is 9.64. The topological polar surface area (TPSA) is 32.6 Å². The highest BCUT2D eigenvalue weighted by Gasteiger charge is 2.33. The zero-order valence-electron chi connectivity index (χ0n) is 11.8. The zero-order chi connectivity index (χ0) is 14.0. The SMILES string of the molecule is CC1(C)OCC(COc2ccccc2-n2cccc2)O1. The lowest BCUT2D eigenvalue weighted by Gasteiger charge is -2.18. The predicted octanol–water partition coefficient (Wildman–Crippen LogP) is 3.01. The number of para-hydroxylation sites is 2. The van der Waals surface area contributed by atoms with Crippen LogP contribution in [0.1, 0.15) is 13.8 Å². The van der Waals surface area contributed by atoms with Crippen molar-refractivity contribution in [3.8, 4) is 11.4 Å². The van der Waals surface area contributed by atoms with E-state index >= 15 is 0 Å². The molecule has 106 valence electrons. The lowest BCUT2D eigenvalue weighted by atomic mass is 10.3. The molecule has 0 saturated carbocycles. The van der Waals surface area contributed by atoms with Gasteiger partial charge in [-0.05, 0) is 38.1 Å². The average molecular weight is 273 g/mol. The molecule has 0 bridgehead atoms. The largest absolute Gasteiger partial charge is 0.489 e. The van der Waals surface area contributed by atoms with Crippen LogP contribution in [0.15, 0.2) is 48.8 Å². The van der Waals surface area contributed by atoms with Crippen molar-refractivity contribution < 1.29 is 14.2 Å². The molecular weight excluding hydrogens is 254 g/mol. The van der Waals surface area contributed by atoms with E-state index < -0.39 is 5.79 Å². The molecule has 2 aromatic rings. The maximum Gasteiger partial charge on any atom is 0.163 e. The van der Waals surface area contributed by atoms with Gasteiger partial charge in [-0.2, -0.15) is 0 Å². The Balaban J connectivity index is 1.69. The van der Waals surface area contributed by atoms with Crippen molar-refractivity contribution in [3.05, 3.63) is 48.8 Å². The highest BCUT2D eigenvalue weighted by atomic mass is 16.7. The van der Waals surface area contributed by atoms with Crippen molar-refractivity contribution in [3.63, 3.8) is 0 Å². The van der Waals surface area contributed by atoms with E-state index in [9.17, 15) is 0 Å². The molecule has 1 unspecified atom stereocenters. The van der Waals surface area contributed by atoms with E-state index in [0.717, 1.165) is 11.4 Å². The Kier molecular flexibility index (Phi) is 3.51. The Morgan fingerprint density at radius 2 is 1.95 bits per heavy atom. The minimum Gasteiger partial charge on any atom is -0.489 e. The van der Waals surface area contributed by atoms with Gasteiger partial charge >= 0.3 is 0 Å². The zero-order valence-corrected chi connectivity index (χ0v) is 11.8. The second-order valence-electron chi connectivity index (χ2n) is 5.32. The molecule has 1 aromatic heterocycles. The first-order valence-corrected chi connectivity index (χ1v) is 6.81. The number of benzene rings is 1. The van der Waals surface area contributed by atoms with E-state index in [2.05, 4.69) is 0 Å². The molecule has 1 aliphatic rings. The van der Waals surface area contributed by atoms with E-state index in [0.29, 0.717) is 13.2 Å². The summed E-state index contributed by atoms with van der Waals surface area (Å²) >= 11 is 0. The van der Waals surface area contributed by atoms with Crippen LogP contribution in [-0.4, -0.2) is 29.7 Å². The van der Waals surface area contributed by atoms with E-state index in [4.69, 9.17) is 14.2 Å². The number of hydrogen-bond donors (Lipinski definition) is 0. The quantitative estimate of drug-likeness (QED) is 0.858. The molecule has 0 spiro atoms. The number of hydrogen-bond acceptors (Lipinski definition) is 3. The van der Waals surface area contributed by atoms with E-state index in [-0.39, 0.29) is 6.10 Å². The normalized spacial score (nSPS) is 21.0. The highest BCUT2D eigenvalue weighted by molar-refractivity contribution is 5.46. The summed E-state index contributed by atoms with van der Waals surface area (Å²) in [4.78, 5) is 0. The van der Waals surface area contributed by atoms with Crippen LogP contribution in [0.25, 0.3) is 5.69 Å². The van der Waals surface area contributed by atoms with Crippen LogP contribution in [0, 0.1) is 0 Å². The lowest BCUT2D eigenvalue weighted by Crippen LogP contribution is -2.25. The van der Waals surface area contributed by atoms with Crippen LogP contribution in [0.5, 0.6) is 5.75 Å². The van der Waals surface area contributed by atoms with Crippen LogP contribution in [0.3, 0.4) is 0 Å². The second kappa shape index (κ2) is 5.31. The van der Waals surface area contributed by atoms with E-state index in [1.165, 1.54) is 0 Å². The van der Waals surface area contributed by atoms with Gasteiger partial charge in [0.05, 0.1) is 12.3 Å². The molecule has 1 atom stereocenters. The Labute approximate surface area is 118 Å². The summed E-state index contributed by atoms with van der Waals surface area (Å²) in [5, 5.41) is 0. The van der Waals surface area contributed by atoms with Gasteiger partial charge in [-0.15, -0.1) is 0 Å². The van der Waals surface area contributed by atoms with Gasteiger partial charge < -0.3 is 18.8 Å². The Hall–Kier alpha value is -1.78. The molecule has 1 aliphatic heterocycles. The van der Waals surface area contributed by atoms with Gasteiger partial charge in [-0.25, -0.2) is 0 Å². The molecule has 3 rings (SSSR count). The number of rotatable bonds is 4. The first-order valence-electron chi connectivity index (χ1n) is 6.81. The van der Waals surface area contributed by atoms with Crippen molar-refractivity contribution in [2.24, 2.45) is 0 Å². The predicted molar refractivity (Wildman–Crippen MR) is 76.2 cm³/mol. The van der Waals surface area contributed by atoms with Gasteiger partial charge in [0, 0.05) is 12.4 Å². The summed E-state index contributed by atoms with van der Waals surface area (Å²) in [6, 6.07) is 12.0. The van der Waals surface area contributed by atoms with Crippen molar-refractivity contribution in [2.75, 3.05) is 13.2 Å². The second-order valence-corrected chi connectivity index (χ2v) is 5.32. The van der Waals surface area contributed by atoms with Crippen molar-refractivity contribution in [1.82, 2.24) is 4.57 Å². The Bertz CT molecular complexity index is 563. The van der Waals surface area contributed by atoms with Gasteiger partial charge in [0.15, 0.2) is 5.79 Å². The maximum absolute atomic E-state index is 5.91. The van der Waals surface area contributed by atoms with Crippen LogP contribution >= 0.6 is 0 Å². The minimum absolute atomic E-state index is 0.0253. The molecule has 1 fully saturated rings. The molecule has 20 heavy (non-hydrogen) atoms. The van der Waals surface area contributed by atoms with Crippen molar-refractivity contribution >= 4 is 0 Å². The molecule has 4 nitrogen and oxygen atoms in total. The smallest absolute Gasteiger partial charge is 0.163 e.